The van der Waals surface area contributed by atoms with Crippen LogP contribution in [0.1, 0.15) is 45.1 Å². The summed E-state index contributed by atoms with van der Waals surface area (Å²) in [5, 5.41) is 3.78. The Morgan fingerprint density at radius 3 is 2.29 bits per heavy atom. The second-order valence-electron chi connectivity index (χ2n) is 6.24. The van der Waals surface area contributed by atoms with E-state index in [0.29, 0.717) is 11.1 Å². The van der Waals surface area contributed by atoms with Gasteiger partial charge < -0.3 is 4.52 Å². The van der Waals surface area contributed by atoms with Gasteiger partial charge in [0.2, 0.25) is 0 Å². The zero-order valence-electron chi connectivity index (χ0n) is 14.4. The topological polar surface area (TPSA) is 76.3 Å². The highest BCUT2D eigenvalue weighted by atomic mass is 19.4. The van der Waals surface area contributed by atoms with Crippen LogP contribution >= 0.6 is 0 Å². The Labute approximate surface area is 156 Å². The molecule has 3 heterocycles. The van der Waals surface area contributed by atoms with Gasteiger partial charge in [-0.25, -0.2) is 0 Å². The predicted octanol–water partition coefficient (Wildman–Crippen LogP) is 4.11. The lowest BCUT2D eigenvalue weighted by molar-refractivity contribution is -0.141. The molecule has 0 saturated heterocycles. The van der Waals surface area contributed by atoms with Crippen LogP contribution in [0.3, 0.4) is 0 Å². The van der Waals surface area contributed by atoms with Crippen molar-refractivity contribution in [3.05, 3.63) is 71.2 Å². The fourth-order valence-corrected chi connectivity index (χ4v) is 3.05. The van der Waals surface area contributed by atoms with Gasteiger partial charge in [-0.05, 0) is 31.2 Å². The number of carbonyl (C=O) groups is 2. The minimum Gasteiger partial charge on any atom is -0.359 e. The number of fused-ring (bicyclic) bond motifs is 1. The van der Waals surface area contributed by atoms with Crippen LogP contribution in [0.15, 0.2) is 53.2 Å². The fourth-order valence-electron chi connectivity index (χ4n) is 3.05. The molecule has 0 unspecified atom stereocenters. The number of aromatic nitrogens is 2. The lowest BCUT2D eigenvalue weighted by atomic mass is 10.1. The van der Waals surface area contributed by atoms with E-state index in [2.05, 4.69) is 10.1 Å². The molecule has 1 aliphatic rings. The minimum absolute atomic E-state index is 0.145. The van der Waals surface area contributed by atoms with Gasteiger partial charge in [-0.15, -0.1) is 0 Å². The number of benzene rings is 1. The lowest BCUT2D eigenvalue weighted by Crippen LogP contribution is -2.32. The second kappa shape index (κ2) is 6.29. The van der Waals surface area contributed by atoms with E-state index < -0.39 is 29.7 Å². The highest BCUT2D eigenvalue weighted by molar-refractivity contribution is 6.21. The van der Waals surface area contributed by atoms with Crippen molar-refractivity contribution in [2.24, 2.45) is 0 Å². The first-order valence-electron chi connectivity index (χ1n) is 8.24. The summed E-state index contributed by atoms with van der Waals surface area (Å²) in [6.07, 6.45) is -3.56. The highest BCUT2D eigenvalue weighted by Crippen LogP contribution is 2.34. The summed E-state index contributed by atoms with van der Waals surface area (Å²) in [6, 6.07) is 9.28. The number of carbonyl (C=O) groups excluding carboxylic acids is 2. The Hall–Kier alpha value is -3.49. The molecule has 0 N–H and O–H groups in total. The fraction of sp³-hybridized carbons (Fsp3) is 0.158. The molecule has 0 spiro atoms. The average molecular weight is 387 g/mol. The Morgan fingerprint density at radius 2 is 1.68 bits per heavy atom. The van der Waals surface area contributed by atoms with Gasteiger partial charge in [-0.3, -0.25) is 19.5 Å². The standard InChI is InChI=1S/C19H12F3N3O3/c1-10(25-17(26)12-4-2-3-5-13(12)18(25)27)15-9-14(24-28-15)11-6-7-23-16(8-11)19(20,21)22/h2-10H,1H3/t10-/m1/s1. The van der Waals surface area contributed by atoms with Crippen LogP contribution < -0.4 is 0 Å². The number of amides is 2. The average Bonchev–Trinajstić information content (AvgIpc) is 3.26. The molecule has 9 heteroatoms. The first-order chi connectivity index (χ1) is 13.3. The predicted molar refractivity (Wildman–Crippen MR) is 90.1 cm³/mol. The molecule has 2 aromatic heterocycles. The van der Waals surface area contributed by atoms with Crippen molar-refractivity contribution in [3.8, 4) is 11.3 Å². The molecule has 0 saturated carbocycles. The van der Waals surface area contributed by atoms with E-state index in [4.69, 9.17) is 4.52 Å². The van der Waals surface area contributed by atoms with Gasteiger partial charge in [-0.1, -0.05) is 17.3 Å². The van der Waals surface area contributed by atoms with Crippen LogP contribution in [0.2, 0.25) is 0 Å². The first-order valence-corrected chi connectivity index (χ1v) is 8.24. The SMILES string of the molecule is C[C@H](c1cc(-c2ccnc(C(F)(F)F)c2)no1)N1C(=O)c2ccccc2C1=O. The van der Waals surface area contributed by atoms with Crippen molar-refractivity contribution < 1.29 is 27.3 Å². The molecule has 0 bridgehead atoms. The number of imide groups is 1. The Kier molecular flexibility index (Phi) is 4.02. The van der Waals surface area contributed by atoms with Crippen LogP contribution in [0.5, 0.6) is 0 Å². The van der Waals surface area contributed by atoms with Gasteiger partial charge in [0.25, 0.3) is 11.8 Å². The third-order valence-corrected chi connectivity index (χ3v) is 4.50. The molecule has 0 aliphatic carbocycles. The molecule has 0 radical (unpaired) electrons. The second-order valence-corrected chi connectivity index (χ2v) is 6.24. The number of rotatable bonds is 3. The molecule has 6 nitrogen and oxygen atoms in total. The number of nitrogens with zero attached hydrogens (tertiary/aromatic N) is 3. The first kappa shape index (κ1) is 17.9. The van der Waals surface area contributed by atoms with Gasteiger partial charge in [0.05, 0.1) is 17.2 Å². The molecule has 28 heavy (non-hydrogen) atoms. The third-order valence-electron chi connectivity index (χ3n) is 4.50. The van der Waals surface area contributed by atoms with E-state index in [1.165, 1.54) is 12.1 Å². The normalized spacial score (nSPS) is 15.1. The van der Waals surface area contributed by atoms with Gasteiger partial charge >= 0.3 is 6.18 Å². The summed E-state index contributed by atoms with van der Waals surface area (Å²) in [7, 11) is 0. The highest BCUT2D eigenvalue weighted by Gasteiger charge is 2.40. The van der Waals surface area contributed by atoms with Crippen LogP contribution in [0.4, 0.5) is 13.2 Å². The van der Waals surface area contributed by atoms with Crippen molar-refractivity contribution in [2.75, 3.05) is 0 Å². The number of alkyl halides is 3. The van der Waals surface area contributed by atoms with Crippen molar-refractivity contribution in [3.63, 3.8) is 0 Å². The number of hydrogen-bond donors (Lipinski definition) is 0. The maximum absolute atomic E-state index is 12.8. The van der Waals surface area contributed by atoms with Crippen LogP contribution in [-0.4, -0.2) is 26.9 Å². The van der Waals surface area contributed by atoms with Crippen molar-refractivity contribution in [1.29, 1.82) is 0 Å². The minimum atomic E-state index is -4.59. The quantitative estimate of drug-likeness (QED) is 0.632. The number of halogens is 3. The third kappa shape index (κ3) is 2.84. The molecule has 1 aromatic carbocycles. The Morgan fingerprint density at radius 1 is 1.04 bits per heavy atom. The summed E-state index contributed by atoms with van der Waals surface area (Å²) in [5.41, 5.74) is -0.160. The molecule has 2 amide bonds. The largest absolute Gasteiger partial charge is 0.433 e. The van der Waals surface area contributed by atoms with E-state index in [9.17, 15) is 22.8 Å². The number of pyridine rings is 1. The van der Waals surface area contributed by atoms with E-state index in [1.54, 1.807) is 31.2 Å². The van der Waals surface area contributed by atoms with E-state index >= 15 is 0 Å². The monoisotopic (exact) mass is 387 g/mol. The van der Waals surface area contributed by atoms with Crippen LogP contribution in [-0.2, 0) is 6.18 Å². The smallest absolute Gasteiger partial charge is 0.359 e. The van der Waals surface area contributed by atoms with Gasteiger partial charge in [0.1, 0.15) is 11.4 Å². The zero-order valence-corrected chi connectivity index (χ0v) is 14.4. The molecular weight excluding hydrogens is 375 g/mol. The van der Waals surface area contributed by atoms with E-state index in [1.807, 2.05) is 0 Å². The molecular formula is C19H12F3N3O3. The lowest BCUT2D eigenvalue weighted by Gasteiger charge is -2.19. The summed E-state index contributed by atoms with van der Waals surface area (Å²) in [5.74, 6) is -0.751. The number of hydrogen-bond acceptors (Lipinski definition) is 5. The van der Waals surface area contributed by atoms with E-state index in [0.717, 1.165) is 17.2 Å². The molecule has 1 atom stereocenters. The van der Waals surface area contributed by atoms with E-state index in [-0.39, 0.29) is 17.0 Å². The summed E-state index contributed by atoms with van der Waals surface area (Å²) >= 11 is 0. The van der Waals surface area contributed by atoms with Crippen molar-refractivity contribution in [1.82, 2.24) is 15.0 Å². The zero-order chi connectivity index (χ0) is 20.1. The van der Waals surface area contributed by atoms with Crippen LogP contribution in [0.25, 0.3) is 11.3 Å². The van der Waals surface area contributed by atoms with Gasteiger partial charge in [-0.2, -0.15) is 13.2 Å². The van der Waals surface area contributed by atoms with Crippen molar-refractivity contribution in [2.45, 2.75) is 19.1 Å². The Balaban J connectivity index is 1.64. The molecule has 4 rings (SSSR count). The summed E-state index contributed by atoms with van der Waals surface area (Å²) in [4.78, 5) is 29.5. The molecule has 1 aliphatic heterocycles. The maximum Gasteiger partial charge on any atom is 0.433 e. The summed E-state index contributed by atoms with van der Waals surface area (Å²) in [6.45, 7) is 1.58. The van der Waals surface area contributed by atoms with Crippen molar-refractivity contribution >= 4 is 11.8 Å². The van der Waals surface area contributed by atoms with Crippen LogP contribution in [0, 0.1) is 0 Å². The molecule has 3 aromatic rings. The molecule has 0 fully saturated rings. The summed E-state index contributed by atoms with van der Waals surface area (Å²) < 4.78 is 43.8. The van der Waals surface area contributed by atoms with Gasteiger partial charge in [0.15, 0.2) is 5.76 Å². The maximum atomic E-state index is 12.8. The van der Waals surface area contributed by atoms with Gasteiger partial charge in [0, 0.05) is 17.8 Å². The Bertz CT molecular complexity index is 1060. The molecule has 142 valence electrons.